The van der Waals surface area contributed by atoms with Gasteiger partial charge in [0.15, 0.2) is 0 Å². The molecule has 1 N–H and O–H groups in total. The van der Waals surface area contributed by atoms with Gasteiger partial charge in [-0.3, -0.25) is 9.69 Å². The Labute approximate surface area is 148 Å². The topological polar surface area (TPSA) is 59.0 Å². The zero-order valence-corrected chi connectivity index (χ0v) is 14.9. The molecule has 0 aliphatic rings. The second-order valence-electron chi connectivity index (χ2n) is 5.92. The van der Waals surface area contributed by atoms with Crippen LogP contribution in [0.25, 0.3) is 0 Å². The van der Waals surface area contributed by atoms with Gasteiger partial charge < -0.3 is 14.6 Å². The molecule has 1 unspecified atom stereocenters. The molecule has 0 radical (unpaired) electrons. The fourth-order valence-corrected chi connectivity index (χ4v) is 2.86. The number of carboxylic acid groups (broad SMARTS) is 1. The van der Waals surface area contributed by atoms with Crippen LogP contribution in [0.3, 0.4) is 0 Å². The third-order valence-electron chi connectivity index (χ3n) is 4.34. The van der Waals surface area contributed by atoms with Crippen LogP contribution in [-0.4, -0.2) is 49.8 Å². The molecule has 0 amide bonds. The summed E-state index contributed by atoms with van der Waals surface area (Å²) in [6, 6.07) is 14.9. The summed E-state index contributed by atoms with van der Waals surface area (Å²) >= 11 is 0. The molecule has 5 heteroatoms. The van der Waals surface area contributed by atoms with E-state index in [-0.39, 0.29) is 0 Å². The molecule has 134 valence electrons. The van der Waals surface area contributed by atoms with Crippen molar-refractivity contribution in [3.63, 3.8) is 0 Å². The van der Waals surface area contributed by atoms with Crippen LogP contribution >= 0.6 is 0 Å². The van der Waals surface area contributed by atoms with E-state index in [0.29, 0.717) is 24.5 Å². The van der Waals surface area contributed by atoms with Gasteiger partial charge in [0.2, 0.25) is 0 Å². The van der Waals surface area contributed by atoms with Crippen LogP contribution < -0.4 is 9.47 Å². The Bertz CT molecular complexity index is 665. The van der Waals surface area contributed by atoms with Gasteiger partial charge in [0, 0.05) is 18.5 Å². The first-order chi connectivity index (χ1) is 12.1. The van der Waals surface area contributed by atoms with Gasteiger partial charge in [0.1, 0.15) is 17.5 Å². The Hall–Kier alpha value is -2.53. The van der Waals surface area contributed by atoms with Crippen LogP contribution in [0.5, 0.6) is 11.5 Å². The number of carbonyl (C=O) groups is 1. The molecule has 0 bridgehead atoms. The van der Waals surface area contributed by atoms with Crippen LogP contribution in [0.2, 0.25) is 0 Å². The Morgan fingerprint density at radius 1 is 1.04 bits per heavy atom. The molecule has 25 heavy (non-hydrogen) atoms. The lowest BCUT2D eigenvalue weighted by molar-refractivity contribution is -0.142. The van der Waals surface area contributed by atoms with Crippen molar-refractivity contribution in [3.05, 3.63) is 59.7 Å². The summed E-state index contributed by atoms with van der Waals surface area (Å²) < 4.78 is 10.8. The number of likely N-dealkylation sites (N-methyl/N-ethyl adjacent to an activating group) is 1. The molecule has 2 rings (SSSR count). The first-order valence-corrected chi connectivity index (χ1v) is 8.23. The summed E-state index contributed by atoms with van der Waals surface area (Å²) in [6.07, 6.45) is 1.11. The summed E-state index contributed by atoms with van der Waals surface area (Å²) in [4.78, 5) is 13.7. The summed E-state index contributed by atoms with van der Waals surface area (Å²) in [6.45, 7) is 0.651. The van der Waals surface area contributed by atoms with Gasteiger partial charge in [-0.05, 0) is 31.2 Å². The van der Waals surface area contributed by atoms with Gasteiger partial charge in [-0.15, -0.1) is 0 Å². The van der Waals surface area contributed by atoms with Gasteiger partial charge in [-0.1, -0.05) is 36.4 Å². The number of benzene rings is 2. The molecule has 0 saturated heterocycles. The SMILES string of the molecule is COc1cccc(OC)c1CC(C(=O)O)N(C)CCc1ccccc1. The highest BCUT2D eigenvalue weighted by Gasteiger charge is 2.26. The normalized spacial score (nSPS) is 12.0. The molecule has 0 aliphatic heterocycles. The summed E-state index contributed by atoms with van der Waals surface area (Å²) in [5.41, 5.74) is 1.96. The fraction of sp³-hybridized carbons (Fsp3) is 0.350. The number of aliphatic carboxylic acids is 1. The second-order valence-corrected chi connectivity index (χ2v) is 5.92. The number of methoxy groups -OCH3 is 2. The van der Waals surface area contributed by atoms with E-state index in [4.69, 9.17) is 9.47 Å². The van der Waals surface area contributed by atoms with E-state index in [2.05, 4.69) is 0 Å². The highest BCUT2D eigenvalue weighted by atomic mass is 16.5. The number of nitrogens with zero attached hydrogens (tertiary/aromatic N) is 1. The summed E-state index contributed by atoms with van der Waals surface area (Å²) in [7, 11) is 4.99. The largest absolute Gasteiger partial charge is 0.496 e. The minimum atomic E-state index is -0.858. The van der Waals surface area contributed by atoms with Gasteiger partial charge in [0.25, 0.3) is 0 Å². The van der Waals surface area contributed by atoms with E-state index >= 15 is 0 Å². The number of hydrogen-bond donors (Lipinski definition) is 1. The van der Waals surface area contributed by atoms with E-state index in [1.807, 2.05) is 60.5 Å². The van der Waals surface area contributed by atoms with Crippen molar-refractivity contribution in [2.45, 2.75) is 18.9 Å². The maximum atomic E-state index is 11.8. The van der Waals surface area contributed by atoms with Gasteiger partial charge in [-0.2, -0.15) is 0 Å². The lowest BCUT2D eigenvalue weighted by Crippen LogP contribution is -2.41. The molecule has 1 atom stereocenters. The standard InChI is InChI=1S/C20H25NO4/c1-21(13-12-15-8-5-4-6-9-15)17(20(22)23)14-16-18(24-2)10-7-11-19(16)25-3/h4-11,17H,12-14H2,1-3H3,(H,22,23). The van der Waals surface area contributed by atoms with Crippen molar-refractivity contribution < 1.29 is 19.4 Å². The molecule has 0 aromatic heterocycles. The zero-order chi connectivity index (χ0) is 18.2. The average molecular weight is 343 g/mol. The van der Waals surface area contributed by atoms with Crippen LogP contribution in [0.15, 0.2) is 48.5 Å². The first kappa shape index (κ1) is 18.8. The maximum Gasteiger partial charge on any atom is 0.321 e. The molecule has 0 heterocycles. The molecular weight excluding hydrogens is 318 g/mol. The monoisotopic (exact) mass is 343 g/mol. The van der Waals surface area contributed by atoms with Crippen molar-refractivity contribution in [1.29, 1.82) is 0 Å². The van der Waals surface area contributed by atoms with Crippen LogP contribution in [0, 0.1) is 0 Å². The molecule has 2 aromatic rings. The number of hydrogen-bond acceptors (Lipinski definition) is 4. The smallest absolute Gasteiger partial charge is 0.321 e. The quantitative estimate of drug-likeness (QED) is 0.759. The van der Waals surface area contributed by atoms with E-state index < -0.39 is 12.0 Å². The van der Waals surface area contributed by atoms with Crippen molar-refractivity contribution in [3.8, 4) is 11.5 Å². The van der Waals surface area contributed by atoms with Crippen molar-refractivity contribution in [2.75, 3.05) is 27.8 Å². The Balaban J connectivity index is 2.14. The number of carboxylic acids is 1. The molecule has 5 nitrogen and oxygen atoms in total. The van der Waals surface area contributed by atoms with E-state index in [9.17, 15) is 9.90 Å². The molecule has 0 saturated carbocycles. The fourth-order valence-electron chi connectivity index (χ4n) is 2.86. The van der Waals surface area contributed by atoms with Crippen molar-refractivity contribution >= 4 is 5.97 Å². The lowest BCUT2D eigenvalue weighted by atomic mass is 10.0. The Kier molecular flexibility index (Phi) is 6.83. The number of ether oxygens (including phenoxy) is 2. The zero-order valence-electron chi connectivity index (χ0n) is 14.9. The Morgan fingerprint density at radius 2 is 1.64 bits per heavy atom. The molecule has 2 aromatic carbocycles. The highest BCUT2D eigenvalue weighted by molar-refractivity contribution is 5.74. The minimum Gasteiger partial charge on any atom is -0.496 e. The third-order valence-corrected chi connectivity index (χ3v) is 4.34. The second kappa shape index (κ2) is 9.08. The predicted octanol–water partition coefficient (Wildman–Crippen LogP) is 2.87. The molecule has 0 aliphatic carbocycles. The number of rotatable bonds is 9. The van der Waals surface area contributed by atoms with Crippen molar-refractivity contribution in [1.82, 2.24) is 4.90 Å². The molecule has 0 spiro atoms. The summed E-state index contributed by atoms with van der Waals surface area (Å²) in [5.74, 6) is 0.424. The highest BCUT2D eigenvalue weighted by Crippen LogP contribution is 2.30. The van der Waals surface area contributed by atoms with E-state index in [1.54, 1.807) is 14.2 Å². The first-order valence-electron chi connectivity index (χ1n) is 8.23. The van der Waals surface area contributed by atoms with Crippen LogP contribution in [0.1, 0.15) is 11.1 Å². The predicted molar refractivity (Wildman–Crippen MR) is 97.4 cm³/mol. The van der Waals surface area contributed by atoms with Gasteiger partial charge in [0.05, 0.1) is 14.2 Å². The van der Waals surface area contributed by atoms with E-state index in [0.717, 1.165) is 12.0 Å². The van der Waals surface area contributed by atoms with Gasteiger partial charge in [-0.25, -0.2) is 0 Å². The third kappa shape index (κ3) is 4.97. The molecular formula is C20H25NO4. The Morgan fingerprint density at radius 3 is 2.16 bits per heavy atom. The average Bonchev–Trinajstić information content (AvgIpc) is 2.64. The van der Waals surface area contributed by atoms with Crippen LogP contribution in [-0.2, 0) is 17.6 Å². The molecule has 0 fully saturated rings. The van der Waals surface area contributed by atoms with Gasteiger partial charge >= 0.3 is 5.97 Å². The van der Waals surface area contributed by atoms with Crippen molar-refractivity contribution in [2.24, 2.45) is 0 Å². The summed E-state index contributed by atoms with van der Waals surface area (Å²) in [5, 5.41) is 9.71. The minimum absolute atomic E-state index is 0.313. The maximum absolute atomic E-state index is 11.8. The van der Waals surface area contributed by atoms with Crippen LogP contribution in [0.4, 0.5) is 0 Å². The lowest BCUT2D eigenvalue weighted by Gasteiger charge is -2.26. The van der Waals surface area contributed by atoms with E-state index in [1.165, 1.54) is 5.56 Å².